The molecule has 6 atom stereocenters. The van der Waals surface area contributed by atoms with E-state index in [2.05, 4.69) is 76.0 Å². The first-order valence-corrected chi connectivity index (χ1v) is 21.0. The Morgan fingerprint density at radius 1 is 0.667 bits per heavy atom. The molecule has 0 aromatic carbocycles. The highest BCUT2D eigenvalue weighted by Crippen LogP contribution is 2.47. The van der Waals surface area contributed by atoms with Gasteiger partial charge >= 0.3 is 30.2 Å². The molecule has 2 aliphatic rings. The number of hydrogen-bond donors (Lipinski definition) is 4. The summed E-state index contributed by atoms with van der Waals surface area (Å²) >= 11 is 0. The molecule has 0 saturated heterocycles. The Kier molecular flexibility index (Phi) is 19.0. The monoisotopic (exact) mass is 851 g/mol. The Bertz CT molecular complexity index is 1530. The third-order valence-electron chi connectivity index (χ3n) is 11.1. The summed E-state index contributed by atoms with van der Waals surface area (Å²) < 4.78 is 32.4. The van der Waals surface area contributed by atoms with Crippen molar-refractivity contribution in [3.63, 3.8) is 0 Å². The molecule has 6 unspecified atom stereocenters. The van der Waals surface area contributed by atoms with E-state index in [1.807, 2.05) is 13.8 Å². The highest BCUT2D eigenvalue weighted by Gasteiger charge is 2.45. The van der Waals surface area contributed by atoms with Crippen molar-refractivity contribution in [1.82, 2.24) is 21.3 Å². The Balaban J connectivity index is 1.90. The molecule has 2 aliphatic carbocycles. The van der Waals surface area contributed by atoms with Crippen molar-refractivity contribution in [2.24, 2.45) is 21.7 Å². The van der Waals surface area contributed by atoms with Crippen LogP contribution in [0, 0.1) is 21.7 Å². The van der Waals surface area contributed by atoms with Gasteiger partial charge in [0.25, 0.3) is 5.91 Å². The number of carbonyl (C=O) groups excluding carboxylic acids is 6. The molecule has 0 bridgehead atoms. The maximum atomic E-state index is 13.8. The van der Waals surface area contributed by atoms with Crippen molar-refractivity contribution in [3.05, 3.63) is 25.3 Å². The van der Waals surface area contributed by atoms with Gasteiger partial charge in [-0.2, -0.15) is 0 Å². The summed E-state index contributed by atoms with van der Waals surface area (Å²) in [6.07, 6.45) is 4.86. The summed E-state index contributed by atoms with van der Waals surface area (Å²) in [5, 5.41) is 11.9. The van der Waals surface area contributed by atoms with Gasteiger partial charge in [0.05, 0.1) is 6.10 Å². The van der Waals surface area contributed by atoms with E-state index in [-0.39, 0.29) is 66.1 Å². The van der Waals surface area contributed by atoms with Crippen LogP contribution in [0.1, 0.15) is 128 Å². The second-order valence-corrected chi connectivity index (χ2v) is 19.7. The number of carbonyl (C=O) groups is 6. The van der Waals surface area contributed by atoms with Crippen LogP contribution in [0.3, 0.4) is 0 Å². The lowest BCUT2D eigenvalue weighted by Gasteiger charge is -2.47. The zero-order chi connectivity index (χ0) is 45.6. The standard InChI is InChI=1S/C44H74N4O12/c1-14-33(49)55-17-19-57-37(53)47-31-22-39(5,6)26-42(11,24-31)28-45-35(51)44(13,16-3)59-30(4)21-41(9,10)60-36(52)46-29-43(12)25-32(23-40(7,8)27-43)48-38(54)58-20-18-56-34(50)15-2/h14-15,30-32H,1-2,16-29H2,3-13H3,(H,45,51)(H,46,52)(H,47,53)(H,48,54). The molecule has 342 valence electrons. The van der Waals surface area contributed by atoms with E-state index in [1.54, 1.807) is 20.8 Å². The fourth-order valence-electron chi connectivity index (χ4n) is 9.40. The van der Waals surface area contributed by atoms with Gasteiger partial charge in [0, 0.05) is 43.7 Å². The van der Waals surface area contributed by atoms with Crippen molar-refractivity contribution < 1.29 is 57.2 Å². The first-order valence-electron chi connectivity index (χ1n) is 21.0. The van der Waals surface area contributed by atoms with Crippen molar-refractivity contribution in [2.75, 3.05) is 39.5 Å². The van der Waals surface area contributed by atoms with Crippen molar-refractivity contribution >= 4 is 36.1 Å². The predicted octanol–water partition coefficient (Wildman–Crippen LogP) is 6.65. The topological polar surface area (TPSA) is 206 Å². The molecule has 16 nitrogen and oxygen atoms in total. The van der Waals surface area contributed by atoms with Gasteiger partial charge in [-0.1, -0.05) is 61.6 Å². The molecule has 4 amide bonds. The minimum absolute atomic E-state index is 0.0715. The molecule has 0 spiro atoms. The third-order valence-corrected chi connectivity index (χ3v) is 11.1. The van der Waals surface area contributed by atoms with Crippen molar-refractivity contribution in [1.29, 1.82) is 0 Å². The zero-order valence-electron chi connectivity index (χ0n) is 38.1. The largest absolute Gasteiger partial charge is 0.459 e. The van der Waals surface area contributed by atoms with E-state index in [0.717, 1.165) is 37.8 Å². The highest BCUT2D eigenvalue weighted by molar-refractivity contribution is 5.84. The smallest absolute Gasteiger partial charge is 0.407 e. The number of esters is 2. The molecule has 0 heterocycles. The molecule has 60 heavy (non-hydrogen) atoms. The lowest BCUT2D eigenvalue weighted by Crippen LogP contribution is -2.54. The number of amides is 4. The van der Waals surface area contributed by atoms with Gasteiger partial charge in [-0.3, -0.25) is 4.79 Å². The van der Waals surface area contributed by atoms with Crippen LogP contribution in [-0.2, 0) is 42.8 Å². The van der Waals surface area contributed by atoms with Crippen LogP contribution < -0.4 is 21.3 Å². The molecule has 2 fully saturated rings. The Hall–Kier alpha value is -4.34. The molecular weight excluding hydrogens is 776 g/mol. The zero-order valence-corrected chi connectivity index (χ0v) is 38.1. The maximum absolute atomic E-state index is 13.8. The number of ether oxygens (including phenoxy) is 6. The SMILES string of the molecule is C=CC(=O)OCCOC(=O)NC1CC(C)(C)CC(C)(CNC(=O)OC(C)(C)CC(C)OC(C)(CC)C(=O)NCC2(C)CC(NC(=O)OCCOC(=O)C=C)CC(C)(C)C2)C1. The summed E-state index contributed by atoms with van der Waals surface area (Å²) in [6, 6.07) is -0.390. The predicted molar refractivity (Wildman–Crippen MR) is 226 cm³/mol. The second-order valence-electron chi connectivity index (χ2n) is 19.7. The highest BCUT2D eigenvalue weighted by atomic mass is 16.6. The van der Waals surface area contributed by atoms with Crippen LogP contribution >= 0.6 is 0 Å². The van der Waals surface area contributed by atoms with Gasteiger partial charge in [0.2, 0.25) is 0 Å². The average Bonchev–Trinajstić information content (AvgIpc) is 3.10. The summed E-state index contributed by atoms with van der Waals surface area (Å²) in [5.74, 6) is -1.44. The fraction of sp³-hybridized carbons (Fsp3) is 0.773. The second kappa shape index (κ2) is 22.0. The van der Waals surface area contributed by atoms with Crippen molar-refractivity contribution in [3.8, 4) is 0 Å². The number of alkyl carbamates (subject to hydrolysis) is 3. The lowest BCUT2D eigenvalue weighted by molar-refractivity contribution is -0.157. The summed E-state index contributed by atoms with van der Waals surface area (Å²) in [6.45, 7) is 28.8. The number of nitrogens with one attached hydrogen (secondary N) is 4. The third kappa shape index (κ3) is 18.5. The Morgan fingerprint density at radius 2 is 1.08 bits per heavy atom. The van der Waals surface area contributed by atoms with Gasteiger partial charge < -0.3 is 49.7 Å². The van der Waals surface area contributed by atoms with Crippen LogP contribution in [0.4, 0.5) is 14.4 Å². The molecule has 2 saturated carbocycles. The van der Waals surface area contributed by atoms with Gasteiger partial charge in [0.15, 0.2) is 0 Å². The lowest BCUT2D eigenvalue weighted by atomic mass is 9.62. The van der Waals surface area contributed by atoms with Gasteiger partial charge in [-0.05, 0) is 94.3 Å². The van der Waals surface area contributed by atoms with E-state index >= 15 is 0 Å². The van der Waals surface area contributed by atoms with E-state index in [4.69, 9.17) is 28.4 Å². The van der Waals surface area contributed by atoms with E-state index in [0.29, 0.717) is 38.8 Å². The minimum atomic E-state index is -1.16. The molecular formula is C44H74N4O12. The molecule has 0 radical (unpaired) electrons. The van der Waals surface area contributed by atoms with Crippen molar-refractivity contribution in [2.45, 2.75) is 157 Å². The van der Waals surface area contributed by atoms with Crippen LogP contribution in [0.2, 0.25) is 0 Å². The molecule has 4 N–H and O–H groups in total. The normalized spacial score (nSPS) is 24.8. The maximum Gasteiger partial charge on any atom is 0.407 e. The quantitative estimate of drug-likeness (QED) is 0.0415. The summed E-state index contributed by atoms with van der Waals surface area (Å²) in [7, 11) is 0. The minimum Gasteiger partial charge on any atom is -0.459 e. The number of hydrogen-bond acceptors (Lipinski definition) is 12. The molecule has 0 aromatic rings. The molecule has 0 aromatic heterocycles. The Morgan fingerprint density at radius 3 is 1.50 bits per heavy atom. The first kappa shape index (κ1) is 51.8. The summed E-state index contributed by atoms with van der Waals surface area (Å²) in [4.78, 5) is 74.4. The van der Waals surface area contributed by atoms with Gasteiger partial charge in [-0.25, -0.2) is 24.0 Å². The molecule has 0 aliphatic heterocycles. The van der Waals surface area contributed by atoms with E-state index < -0.39 is 47.5 Å². The van der Waals surface area contributed by atoms with Crippen LogP contribution in [0.5, 0.6) is 0 Å². The first-order chi connectivity index (χ1) is 27.7. The van der Waals surface area contributed by atoms with Gasteiger partial charge in [-0.15, -0.1) is 0 Å². The van der Waals surface area contributed by atoms with E-state index in [1.165, 1.54) is 0 Å². The fourth-order valence-corrected chi connectivity index (χ4v) is 9.40. The number of rotatable bonds is 21. The average molecular weight is 851 g/mol. The van der Waals surface area contributed by atoms with Crippen LogP contribution in [0.15, 0.2) is 25.3 Å². The molecule has 2 rings (SSSR count). The van der Waals surface area contributed by atoms with Crippen LogP contribution in [-0.4, -0.2) is 105 Å². The van der Waals surface area contributed by atoms with E-state index in [9.17, 15) is 28.8 Å². The summed E-state index contributed by atoms with van der Waals surface area (Å²) in [5.41, 5.74) is -3.04. The van der Waals surface area contributed by atoms with Crippen LogP contribution in [0.25, 0.3) is 0 Å². The Labute approximate surface area is 357 Å². The van der Waals surface area contributed by atoms with Gasteiger partial charge in [0.1, 0.15) is 37.6 Å². The molecule has 16 heteroatoms.